The second kappa shape index (κ2) is 4.22. The Kier molecular flexibility index (Phi) is 3.20. The number of rotatable bonds is 4. The number of hydrogen-bond donors (Lipinski definition) is 2. The summed E-state index contributed by atoms with van der Waals surface area (Å²) in [6.07, 6.45) is 2.38. The zero-order valence-corrected chi connectivity index (χ0v) is 8.65. The minimum atomic E-state index is -3.54. The fraction of sp³-hybridized carbons (Fsp3) is 0.286. The molecule has 0 saturated heterocycles. The first-order valence-corrected chi connectivity index (χ1v) is 5.66. The third kappa shape index (κ3) is 2.88. The fourth-order valence-electron chi connectivity index (χ4n) is 0.789. The molecule has 0 amide bonds. The maximum absolute atomic E-state index is 11.2. The van der Waals surface area contributed by atoms with Crippen LogP contribution in [0.1, 0.15) is 17.4 Å². The summed E-state index contributed by atoms with van der Waals surface area (Å²) >= 11 is 0. The molecule has 0 bridgehead atoms. The van der Waals surface area contributed by atoms with Crippen LogP contribution in [0.25, 0.3) is 0 Å². The van der Waals surface area contributed by atoms with Crippen molar-refractivity contribution >= 4 is 21.8 Å². The Bertz CT molecular complexity index is 471. The number of carbonyl (C=O) groups is 1. The van der Waals surface area contributed by atoms with Crippen molar-refractivity contribution < 1.29 is 18.3 Å². The Hall–Kier alpha value is -1.70. The molecule has 82 valence electrons. The zero-order valence-electron chi connectivity index (χ0n) is 7.84. The van der Waals surface area contributed by atoms with Crippen LogP contribution in [0.2, 0.25) is 0 Å². The molecule has 0 fully saturated rings. The first-order valence-electron chi connectivity index (χ1n) is 4.01. The Balaban J connectivity index is 3.10. The average molecular weight is 231 g/mol. The first-order chi connectivity index (χ1) is 6.96. The summed E-state index contributed by atoms with van der Waals surface area (Å²) in [5.74, 6) is -1.77. The van der Waals surface area contributed by atoms with Crippen molar-refractivity contribution in [3.05, 3.63) is 18.1 Å². The predicted molar refractivity (Wildman–Crippen MR) is 52.1 cm³/mol. The second-order valence-electron chi connectivity index (χ2n) is 2.56. The second-order valence-corrected chi connectivity index (χ2v) is 4.58. The molecule has 0 aliphatic rings. The monoisotopic (exact) mass is 231 g/mol. The van der Waals surface area contributed by atoms with E-state index in [0.717, 1.165) is 0 Å². The van der Waals surface area contributed by atoms with Gasteiger partial charge in [-0.05, 0) is 6.92 Å². The smallest absolute Gasteiger partial charge is 0.358 e. The van der Waals surface area contributed by atoms with E-state index in [1.54, 1.807) is 0 Å². The van der Waals surface area contributed by atoms with Gasteiger partial charge in [0.25, 0.3) is 0 Å². The van der Waals surface area contributed by atoms with Gasteiger partial charge in [0.2, 0.25) is 10.0 Å². The molecule has 0 saturated carbocycles. The summed E-state index contributed by atoms with van der Waals surface area (Å²) < 4.78 is 24.4. The van der Waals surface area contributed by atoms with Crippen molar-refractivity contribution in [3.8, 4) is 0 Å². The fourth-order valence-corrected chi connectivity index (χ4v) is 1.38. The van der Waals surface area contributed by atoms with Crippen LogP contribution in [-0.4, -0.2) is 35.2 Å². The standard InChI is InChI=1S/C7H9N3O4S/c1-2-15(13,14)10-6-5(7(11)12)8-3-4-9-6/h3-4H,2H2,1H3,(H,9,10)(H,11,12). The van der Waals surface area contributed by atoms with Gasteiger partial charge < -0.3 is 5.11 Å². The van der Waals surface area contributed by atoms with Gasteiger partial charge in [0.15, 0.2) is 11.5 Å². The minimum absolute atomic E-state index is 0.164. The van der Waals surface area contributed by atoms with Crippen molar-refractivity contribution in [1.82, 2.24) is 9.97 Å². The highest BCUT2D eigenvalue weighted by atomic mass is 32.2. The number of hydrogen-bond acceptors (Lipinski definition) is 5. The lowest BCUT2D eigenvalue weighted by Crippen LogP contribution is -2.18. The summed E-state index contributed by atoms with van der Waals surface area (Å²) in [4.78, 5) is 17.8. The average Bonchev–Trinajstić information content (AvgIpc) is 2.18. The minimum Gasteiger partial charge on any atom is -0.476 e. The van der Waals surface area contributed by atoms with Gasteiger partial charge in [-0.1, -0.05) is 0 Å². The molecule has 0 aromatic carbocycles. The number of carboxylic acid groups (broad SMARTS) is 1. The Morgan fingerprint density at radius 1 is 1.47 bits per heavy atom. The molecule has 8 heteroatoms. The number of carboxylic acids is 1. The molecule has 1 heterocycles. The van der Waals surface area contributed by atoms with Crippen molar-refractivity contribution in [2.75, 3.05) is 10.5 Å². The Labute approximate surface area is 86.2 Å². The molecule has 1 aromatic heterocycles. The zero-order chi connectivity index (χ0) is 11.5. The molecule has 0 atom stereocenters. The summed E-state index contributed by atoms with van der Waals surface area (Å²) in [6.45, 7) is 1.43. The van der Waals surface area contributed by atoms with Crippen LogP contribution in [0.4, 0.5) is 5.82 Å². The molecule has 0 unspecified atom stereocenters. The quantitative estimate of drug-likeness (QED) is 0.751. The van der Waals surface area contributed by atoms with Crippen LogP contribution >= 0.6 is 0 Å². The summed E-state index contributed by atoms with van der Waals surface area (Å²) in [5.41, 5.74) is -0.422. The van der Waals surface area contributed by atoms with Crippen molar-refractivity contribution in [2.24, 2.45) is 0 Å². The molecule has 0 aliphatic carbocycles. The van der Waals surface area contributed by atoms with Crippen LogP contribution in [0.15, 0.2) is 12.4 Å². The Morgan fingerprint density at radius 3 is 2.60 bits per heavy atom. The van der Waals surface area contributed by atoms with E-state index in [-0.39, 0.29) is 11.6 Å². The molecule has 0 spiro atoms. The number of nitrogens with one attached hydrogen (secondary N) is 1. The molecule has 1 aromatic rings. The number of nitrogens with zero attached hydrogens (tertiary/aromatic N) is 2. The predicted octanol–water partition coefficient (Wildman–Crippen LogP) is -0.0636. The van der Waals surface area contributed by atoms with E-state index >= 15 is 0 Å². The first kappa shape index (κ1) is 11.4. The summed E-state index contributed by atoms with van der Waals surface area (Å²) in [7, 11) is -3.54. The Morgan fingerprint density at radius 2 is 2.07 bits per heavy atom. The van der Waals surface area contributed by atoms with Crippen molar-refractivity contribution in [2.45, 2.75) is 6.92 Å². The number of sulfonamides is 1. The van der Waals surface area contributed by atoms with E-state index in [1.807, 2.05) is 4.72 Å². The van der Waals surface area contributed by atoms with Crippen molar-refractivity contribution in [1.29, 1.82) is 0 Å². The third-order valence-electron chi connectivity index (χ3n) is 1.53. The molecule has 0 radical (unpaired) electrons. The van der Waals surface area contributed by atoms with Gasteiger partial charge in [0.05, 0.1) is 5.75 Å². The number of anilines is 1. The highest BCUT2D eigenvalue weighted by Crippen LogP contribution is 2.09. The van der Waals surface area contributed by atoms with Gasteiger partial charge in [-0.25, -0.2) is 23.2 Å². The molecule has 7 nitrogen and oxygen atoms in total. The number of aromatic nitrogens is 2. The van der Waals surface area contributed by atoms with Crippen LogP contribution < -0.4 is 4.72 Å². The summed E-state index contributed by atoms with van der Waals surface area (Å²) in [5, 5.41) is 8.70. The van der Waals surface area contributed by atoms with Gasteiger partial charge in [-0.3, -0.25) is 4.72 Å². The molecule has 2 N–H and O–H groups in total. The normalized spacial score (nSPS) is 11.0. The topological polar surface area (TPSA) is 109 Å². The van der Waals surface area contributed by atoms with Crippen LogP contribution in [0, 0.1) is 0 Å². The van der Waals surface area contributed by atoms with E-state index in [9.17, 15) is 13.2 Å². The van der Waals surface area contributed by atoms with Crippen LogP contribution in [-0.2, 0) is 10.0 Å². The van der Waals surface area contributed by atoms with Crippen LogP contribution in [0.3, 0.4) is 0 Å². The van der Waals surface area contributed by atoms with E-state index in [0.29, 0.717) is 0 Å². The van der Waals surface area contributed by atoms with E-state index < -0.39 is 21.7 Å². The van der Waals surface area contributed by atoms with E-state index in [4.69, 9.17) is 5.11 Å². The van der Waals surface area contributed by atoms with Gasteiger partial charge in [0, 0.05) is 12.4 Å². The molecular formula is C7H9N3O4S. The maximum Gasteiger partial charge on any atom is 0.358 e. The maximum atomic E-state index is 11.2. The van der Waals surface area contributed by atoms with Crippen LogP contribution in [0.5, 0.6) is 0 Å². The third-order valence-corrected chi connectivity index (χ3v) is 2.80. The molecular weight excluding hydrogens is 222 g/mol. The highest BCUT2D eigenvalue weighted by Gasteiger charge is 2.16. The lowest BCUT2D eigenvalue weighted by atomic mass is 10.4. The molecule has 1 rings (SSSR count). The van der Waals surface area contributed by atoms with Gasteiger partial charge in [0.1, 0.15) is 0 Å². The van der Waals surface area contributed by atoms with E-state index in [1.165, 1.54) is 19.3 Å². The van der Waals surface area contributed by atoms with E-state index in [2.05, 4.69) is 9.97 Å². The molecule has 15 heavy (non-hydrogen) atoms. The number of aromatic carboxylic acids is 1. The largest absolute Gasteiger partial charge is 0.476 e. The van der Waals surface area contributed by atoms with Gasteiger partial charge in [-0.2, -0.15) is 0 Å². The summed E-state index contributed by atoms with van der Waals surface area (Å²) in [6, 6.07) is 0. The SMILES string of the molecule is CCS(=O)(=O)Nc1nccnc1C(=O)O. The van der Waals surface area contributed by atoms with Crippen molar-refractivity contribution in [3.63, 3.8) is 0 Å². The lowest BCUT2D eigenvalue weighted by molar-refractivity contribution is 0.0691. The van der Waals surface area contributed by atoms with Gasteiger partial charge >= 0.3 is 5.97 Å². The van der Waals surface area contributed by atoms with Gasteiger partial charge in [-0.15, -0.1) is 0 Å². The molecule has 0 aliphatic heterocycles. The lowest BCUT2D eigenvalue weighted by Gasteiger charge is -2.06. The highest BCUT2D eigenvalue weighted by molar-refractivity contribution is 7.92.